The van der Waals surface area contributed by atoms with E-state index in [0.29, 0.717) is 11.3 Å². The summed E-state index contributed by atoms with van der Waals surface area (Å²) >= 11 is 4.98. The van der Waals surface area contributed by atoms with Crippen LogP contribution in [0.15, 0.2) is 75.3 Å². The Hall–Kier alpha value is -2.71. The molecule has 4 aromatic rings. The Morgan fingerprint density at radius 3 is 2.71 bits per heavy atom. The first-order chi connectivity index (χ1) is 13.6. The van der Waals surface area contributed by atoms with Crippen molar-refractivity contribution >= 4 is 45.1 Å². The van der Waals surface area contributed by atoms with Crippen LogP contribution in [0.1, 0.15) is 23.0 Å². The molecule has 0 aliphatic rings. The molecule has 4 rings (SSSR count). The number of nitrogens with one attached hydrogen (secondary N) is 1. The summed E-state index contributed by atoms with van der Waals surface area (Å²) < 4.78 is 2.49. The zero-order chi connectivity index (χ0) is 19.5. The van der Waals surface area contributed by atoms with Crippen LogP contribution < -0.4 is 5.32 Å². The molecule has 0 radical (unpaired) electrons. The Morgan fingerprint density at radius 2 is 1.96 bits per heavy atom. The molecule has 1 N–H and O–H groups in total. The maximum absolute atomic E-state index is 12.4. The molecule has 0 fully saturated rings. The predicted molar refractivity (Wildman–Crippen MR) is 113 cm³/mol. The quantitative estimate of drug-likeness (QED) is 0.437. The fraction of sp³-hybridized carbons (Fsp3) is 0.100. The van der Waals surface area contributed by atoms with Crippen molar-refractivity contribution in [2.24, 2.45) is 0 Å². The van der Waals surface area contributed by atoms with Gasteiger partial charge < -0.3 is 5.32 Å². The molecule has 0 unspecified atom stereocenters. The molecule has 2 aromatic carbocycles. The third kappa shape index (κ3) is 3.93. The van der Waals surface area contributed by atoms with Crippen LogP contribution in [0.2, 0.25) is 0 Å². The van der Waals surface area contributed by atoms with Crippen LogP contribution in [-0.4, -0.2) is 25.5 Å². The first kappa shape index (κ1) is 18.6. The smallest absolute Gasteiger partial charge is 0.256 e. The van der Waals surface area contributed by atoms with E-state index in [2.05, 4.69) is 43.2 Å². The second-order valence-corrected chi connectivity index (χ2v) is 7.92. The number of aromatic nitrogens is 4. The van der Waals surface area contributed by atoms with Gasteiger partial charge in [-0.2, -0.15) is 14.6 Å². The number of fused-ring (bicyclic) bond motifs is 1. The number of hydrogen-bond donors (Lipinski definition) is 1. The molecular weight excluding hydrogens is 438 g/mol. The van der Waals surface area contributed by atoms with Crippen molar-refractivity contribution in [2.75, 3.05) is 5.32 Å². The summed E-state index contributed by atoms with van der Waals surface area (Å²) in [5.41, 5.74) is 2.30. The van der Waals surface area contributed by atoms with Gasteiger partial charge in [0.25, 0.3) is 11.7 Å². The summed E-state index contributed by atoms with van der Waals surface area (Å²) in [5, 5.41) is 8.12. The van der Waals surface area contributed by atoms with E-state index in [9.17, 15) is 4.79 Å². The minimum atomic E-state index is -0.154. The highest BCUT2D eigenvalue weighted by Crippen LogP contribution is 2.29. The van der Waals surface area contributed by atoms with Crippen LogP contribution in [0.25, 0.3) is 5.78 Å². The van der Waals surface area contributed by atoms with E-state index in [4.69, 9.17) is 0 Å². The number of carbonyl (C=O) groups is 1. The van der Waals surface area contributed by atoms with E-state index < -0.39 is 0 Å². The fourth-order valence-corrected chi connectivity index (χ4v) is 4.04. The molecular formula is C20H16BrN5OS. The Kier molecular flexibility index (Phi) is 5.40. The maximum atomic E-state index is 12.4. The van der Waals surface area contributed by atoms with E-state index >= 15 is 0 Å². The summed E-state index contributed by atoms with van der Waals surface area (Å²) in [5.74, 6) is 0.443. The van der Waals surface area contributed by atoms with E-state index in [-0.39, 0.29) is 5.91 Å². The molecule has 0 saturated heterocycles. The van der Waals surface area contributed by atoms with Gasteiger partial charge in [0, 0.05) is 20.7 Å². The van der Waals surface area contributed by atoms with Crippen LogP contribution in [0.3, 0.4) is 0 Å². The number of aryl methyl sites for hydroxylation is 1. The average Bonchev–Trinajstić information content (AvgIpc) is 3.18. The van der Waals surface area contributed by atoms with Gasteiger partial charge in [-0.25, -0.2) is 4.98 Å². The molecule has 0 aliphatic carbocycles. The molecule has 0 spiro atoms. The number of hydrogen-bond acceptors (Lipinski definition) is 5. The van der Waals surface area contributed by atoms with Crippen LogP contribution >= 0.6 is 27.7 Å². The Labute approximate surface area is 174 Å². The van der Waals surface area contributed by atoms with Crippen LogP contribution in [-0.2, 0) is 6.42 Å². The van der Waals surface area contributed by atoms with Gasteiger partial charge >= 0.3 is 0 Å². The second-order valence-electron chi connectivity index (χ2n) is 5.97. The van der Waals surface area contributed by atoms with Crippen LogP contribution in [0.5, 0.6) is 0 Å². The minimum absolute atomic E-state index is 0.154. The minimum Gasteiger partial charge on any atom is -0.322 e. The van der Waals surface area contributed by atoms with Gasteiger partial charge in [0.05, 0.1) is 5.56 Å². The number of nitrogens with zero attached hydrogens (tertiary/aromatic N) is 4. The lowest BCUT2D eigenvalue weighted by Gasteiger charge is -2.09. The number of carbonyl (C=O) groups excluding carboxylic acids is 1. The van der Waals surface area contributed by atoms with Gasteiger partial charge in [0.2, 0.25) is 0 Å². The van der Waals surface area contributed by atoms with Gasteiger partial charge in [-0.05, 0) is 64.8 Å². The lowest BCUT2D eigenvalue weighted by Crippen LogP contribution is -2.12. The van der Waals surface area contributed by atoms with E-state index in [0.717, 1.165) is 32.2 Å². The van der Waals surface area contributed by atoms with Gasteiger partial charge in [0.1, 0.15) is 11.4 Å². The van der Waals surface area contributed by atoms with Gasteiger partial charge in [0.15, 0.2) is 0 Å². The zero-order valence-corrected chi connectivity index (χ0v) is 17.4. The van der Waals surface area contributed by atoms with Crippen molar-refractivity contribution in [1.82, 2.24) is 19.6 Å². The third-order valence-electron chi connectivity index (χ3n) is 4.09. The van der Waals surface area contributed by atoms with Crippen molar-refractivity contribution in [3.63, 3.8) is 0 Å². The molecule has 0 aliphatic heterocycles. The number of benzene rings is 2. The zero-order valence-electron chi connectivity index (χ0n) is 15.0. The average molecular weight is 454 g/mol. The molecule has 0 saturated carbocycles. The highest BCUT2D eigenvalue weighted by atomic mass is 79.9. The third-order valence-corrected chi connectivity index (χ3v) is 5.79. The van der Waals surface area contributed by atoms with E-state index in [1.807, 2.05) is 48.5 Å². The monoisotopic (exact) mass is 453 g/mol. The Bertz CT molecular complexity index is 1140. The summed E-state index contributed by atoms with van der Waals surface area (Å²) in [6, 6.07) is 17.1. The molecule has 28 heavy (non-hydrogen) atoms. The van der Waals surface area contributed by atoms with Crippen LogP contribution in [0, 0.1) is 0 Å². The number of rotatable bonds is 5. The molecule has 1 amide bonds. The first-order valence-electron chi connectivity index (χ1n) is 8.67. The summed E-state index contributed by atoms with van der Waals surface area (Å²) in [6.07, 6.45) is 2.34. The van der Waals surface area contributed by atoms with Crippen molar-refractivity contribution in [2.45, 2.75) is 23.3 Å². The number of anilines is 1. The number of halogens is 1. The normalized spacial score (nSPS) is 10.9. The molecule has 8 heteroatoms. The maximum Gasteiger partial charge on any atom is 0.256 e. The summed E-state index contributed by atoms with van der Waals surface area (Å²) in [4.78, 5) is 22.1. The molecule has 2 heterocycles. The molecule has 6 nitrogen and oxygen atoms in total. The van der Waals surface area contributed by atoms with E-state index in [1.165, 1.54) is 6.33 Å². The fourth-order valence-electron chi connectivity index (χ4n) is 2.66. The highest BCUT2D eigenvalue weighted by molar-refractivity contribution is 9.10. The van der Waals surface area contributed by atoms with E-state index in [1.54, 1.807) is 22.3 Å². The largest absolute Gasteiger partial charge is 0.322 e. The second kappa shape index (κ2) is 8.12. The topological polar surface area (TPSA) is 72.2 Å². The molecule has 0 bridgehead atoms. The Morgan fingerprint density at radius 1 is 1.18 bits per heavy atom. The molecule has 2 aromatic heterocycles. The van der Waals surface area contributed by atoms with Crippen molar-refractivity contribution < 1.29 is 4.79 Å². The van der Waals surface area contributed by atoms with Crippen molar-refractivity contribution in [3.05, 3.63) is 76.7 Å². The lowest BCUT2D eigenvalue weighted by atomic mass is 10.2. The SMILES string of the molecule is CCc1cc(Sc2ccc(NC(=O)c3ccccc3Br)cc2)n2ncnc2n1. The summed E-state index contributed by atoms with van der Waals surface area (Å²) in [7, 11) is 0. The summed E-state index contributed by atoms with van der Waals surface area (Å²) in [6.45, 7) is 2.06. The highest BCUT2D eigenvalue weighted by Gasteiger charge is 2.11. The van der Waals surface area contributed by atoms with Crippen molar-refractivity contribution in [3.8, 4) is 0 Å². The molecule has 140 valence electrons. The van der Waals surface area contributed by atoms with Gasteiger partial charge in [-0.15, -0.1) is 0 Å². The number of amides is 1. The first-order valence-corrected chi connectivity index (χ1v) is 10.3. The van der Waals surface area contributed by atoms with Gasteiger partial charge in [-0.3, -0.25) is 4.79 Å². The Balaban J connectivity index is 1.52. The van der Waals surface area contributed by atoms with Crippen LogP contribution in [0.4, 0.5) is 5.69 Å². The predicted octanol–water partition coefficient (Wildman–Crippen LogP) is 4.85. The van der Waals surface area contributed by atoms with Crippen molar-refractivity contribution in [1.29, 1.82) is 0 Å². The molecule has 0 atom stereocenters. The van der Waals surface area contributed by atoms with Gasteiger partial charge in [-0.1, -0.05) is 30.8 Å². The lowest BCUT2D eigenvalue weighted by molar-refractivity contribution is 0.102. The standard InChI is InChI=1S/C20H16BrN5OS/c1-2-13-11-18(26-20(25-13)22-12-23-26)28-15-9-7-14(8-10-15)24-19(27)16-5-3-4-6-17(16)21/h3-12H,2H2,1H3,(H,24,27).